The molecule has 0 saturated heterocycles. The van der Waals surface area contributed by atoms with Crippen LogP contribution in [0, 0.1) is 6.92 Å². The standard InChI is InChI=1S/C25H21NO9/c1-9-20(30)18(11(3)27)22-19(21(9)31)25(4)16(35-22)8-15(29)17(23(25)32)10(2)26-14-6-5-12(28)7-13(14)24(33)34/h5-8,26,28,30-31H,1-4H3,(H,33,34). The lowest BCUT2D eigenvalue weighted by Crippen LogP contribution is -2.40. The molecule has 0 aromatic heterocycles. The van der Waals surface area contributed by atoms with Crippen molar-refractivity contribution in [2.75, 3.05) is 5.32 Å². The fourth-order valence-corrected chi connectivity index (χ4v) is 4.45. The van der Waals surface area contributed by atoms with Crippen molar-refractivity contribution in [3.05, 3.63) is 63.6 Å². The zero-order valence-corrected chi connectivity index (χ0v) is 19.1. The fourth-order valence-electron chi connectivity index (χ4n) is 4.45. The van der Waals surface area contributed by atoms with Crippen LogP contribution in [0.3, 0.4) is 0 Å². The van der Waals surface area contributed by atoms with Crippen LogP contribution in [0.2, 0.25) is 0 Å². The van der Waals surface area contributed by atoms with Gasteiger partial charge in [-0.2, -0.15) is 0 Å². The van der Waals surface area contributed by atoms with Crippen LogP contribution < -0.4 is 10.1 Å². The summed E-state index contributed by atoms with van der Waals surface area (Å²) in [7, 11) is 0. The highest BCUT2D eigenvalue weighted by Gasteiger charge is 2.56. The van der Waals surface area contributed by atoms with Gasteiger partial charge in [-0.25, -0.2) is 4.79 Å². The van der Waals surface area contributed by atoms with Crippen molar-refractivity contribution in [1.29, 1.82) is 0 Å². The van der Waals surface area contributed by atoms with E-state index in [-0.39, 0.29) is 56.5 Å². The van der Waals surface area contributed by atoms with Crippen LogP contribution in [0.5, 0.6) is 23.0 Å². The number of aromatic carboxylic acids is 1. The Kier molecular flexibility index (Phi) is 5.20. The largest absolute Gasteiger partial charge is 0.508 e. The van der Waals surface area contributed by atoms with Crippen LogP contribution in [0.25, 0.3) is 0 Å². The second kappa shape index (κ2) is 7.73. The third-order valence-corrected chi connectivity index (χ3v) is 6.32. The summed E-state index contributed by atoms with van der Waals surface area (Å²) in [5.41, 5.74) is -2.53. The first-order chi connectivity index (χ1) is 16.3. The van der Waals surface area contributed by atoms with Gasteiger partial charge in [0.25, 0.3) is 0 Å². The first-order valence-corrected chi connectivity index (χ1v) is 10.4. The van der Waals surface area contributed by atoms with Crippen molar-refractivity contribution in [2.24, 2.45) is 0 Å². The van der Waals surface area contributed by atoms with Crippen LogP contribution in [0.15, 0.2) is 41.3 Å². The molecule has 10 heteroatoms. The van der Waals surface area contributed by atoms with Crippen molar-refractivity contribution in [2.45, 2.75) is 33.1 Å². The van der Waals surface area contributed by atoms with Crippen molar-refractivity contribution in [3.8, 4) is 23.0 Å². The Hall–Kier alpha value is -4.60. The molecule has 0 amide bonds. The number of phenolic OH excluding ortho intramolecular Hbond substituents is 3. The molecule has 4 rings (SSSR count). The maximum Gasteiger partial charge on any atom is 0.337 e. The zero-order chi connectivity index (χ0) is 26.0. The molecule has 1 aliphatic heterocycles. The van der Waals surface area contributed by atoms with Crippen molar-refractivity contribution < 1.29 is 44.3 Å². The van der Waals surface area contributed by atoms with Crippen molar-refractivity contribution >= 4 is 29.0 Å². The Morgan fingerprint density at radius 2 is 1.71 bits per heavy atom. The van der Waals surface area contributed by atoms with Gasteiger partial charge < -0.3 is 30.5 Å². The summed E-state index contributed by atoms with van der Waals surface area (Å²) in [5.74, 6) is -4.93. The lowest BCUT2D eigenvalue weighted by atomic mass is 9.70. The molecule has 1 aliphatic carbocycles. The molecule has 0 saturated carbocycles. The van der Waals surface area contributed by atoms with E-state index in [2.05, 4.69) is 5.32 Å². The number of phenols is 3. The summed E-state index contributed by atoms with van der Waals surface area (Å²) in [6.07, 6.45) is 1.06. The normalized spacial score (nSPS) is 19.9. The average molecular weight is 479 g/mol. The number of fused-ring (bicyclic) bond motifs is 3. The van der Waals surface area contributed by atoms with E-state index in [0.717, 1.165) is 12.1 Å². The van der Waals surface area contributed by atoms with Gasteiger partial charge in [0.1, 0.15) is 39.7 Å². The quantitative estimate of drug-likeness (QED) is 0.190. The van der Waals surface area contributed by atoms with Crippen LogP contribution in [-0.4, -0.2) is 43.7 Å². The molecule has 180 valence electrons. The van der Waals surface area contributed by atoms with Gasteiger partial charge in [-0.3, -0.25) is 14.4 Å². The maximum absolute atomic E-state index is 13.8. The number of aromatic hydroxyl groups is 3. The van der Waals surface area contributed by atoms with Crippen LogP contribution in [-0.2, 0) is 15.0 Å². The van der Waals surface area contributed by atoms with Gasteiger partial charge >= 0.3 is 5.97 Å². The SMILES string of the molecule is CC(=O)c1c(O)c(C)c(O)c2c1OC1=CC(=O)C(=C(C)Nc3ccc(O)cc3C(=O)O)C(=O)C12C. The number of nitrogens with one attached hydrogen (secondary N) is 1. The summed E-state index contributed by atoms with van der Waals surface area (Å²) < 4.78 is 5.70. The number of ketones is 3. The topological polar surface area (TPSA) is 170 Å². The van der Waals surface area contributed by atoms with E-state index in [1.54, 1.807) is 0 Å². The number of anilines is 1. The van der Waals surface area contributed by atoms with E-state index in [0.29, 0.717) is 0 Å². The molecule has 0 radical (unpaired) electrons. The van der Waals surface area contributed by atoms with Crippen molar-refractivity contribution in [3.63, 3.8) is 0 Å². The van der Waals surface area contributed by atoms with Gasteiger partial charge in [0, 0.05) is 17.3 Å². The molecule has 10 nitrogen and oxygen atoms in total. The molecule has 2 aromatic carbocycles. The molecule has 35 heavy (non-hydrogen) atoms. The Morgan fingerprint density at radius 1 is 1.06 bits per heavy atom. The molecular weight excluding hydrogens is 458 g/mol. The number of hydrogen-bond donors (Lipinski definition) is 5. The highest BCUT2D eigenvalue weighted by atomic mass is 16.5. The van der Waals surface area contributed by atoms with E-state index < -0.39 is 40.2 Å². The number of Topliss-reactive ketones (excluding diaryl/α,β-unsaturated/α-hetero) is 2. The molecule has 1 unspecified atom stereocenters. The van der Waals surface area contributed by atoms with E-state index in [1.807, 2.05) is 0 Å². The second-order valence-corrected chi connectivity index (χ2v) is 8.55. The second-order valence-electron chi connectivity index (χ2n) is 8.55. The minimum atomic E-state index is -1.70. The number of carbonyl (C=O) groups is 4. The number of rotatable bonds is 4. The van der Waals surface area contributed by atoms with E-state index in [4.69, 9.17) is 4.74 Å². The summed E-state index contributed by atoms with van der Waals surface area (Å²) in [6.45, 7) is 5.40. The molecule has 1 atom stereocenters. The van der Waals surface area contributed by atoms with Gasteiger partial charge in [-0.1, -0.05) is 0 Å². The third kappa shape index (κ3) is 3.25. The number of allylic oxidation sites excluding steroid dienone is 4. The fraction of sp³-hybridized carbons (Fsp3) is 0.200. The van der Waals surface area contributed by atoms with Gasteiger partial charge in [-0.15, -0.1) is 0 Å². The molecule has 1 heterocycles. The minimum Gasteiger partial charge on any atom is -0.508 e. The summed E-state index contributed by atoms with van der Waals surface area (Å²) in [5, 5.41) is 43.1. The first kappa shape index (κ1) is 23.6. The van der Waals surface area contributed by atoms with Crippen molar-refractivity contribution in [1.82, 2.24) is 0 Å². The number of benzene rings is 2. The summed E-state index contributed by atoms with van der Waals surface area (Å²) >= 11 is 0. The smallest absolute Gasteiger partial charge is 0.337 e. The Labute approximate surface area is 198 Å². The lowest BCUT2D eigenvalue weighted by Gasteiger charge is -2.29. The van der Waals surface area contributed by atoms with E-state index in [1.165, 1.54) is 39.8 Å². The number of carboxylic acids is 1. The number of carboxylic acid groups (broad SMARTS) is 1. The minimum absolute atomic E-state index is 0.0275. The molecule has 5 N–H and O–H groups in total. The highest BCUT2D eigenvalue weighted by molar-refractivity contribution is 6.31. The predicted molar refractivity (Wildman–Crippen MR) is 122 cm³/mol. The highest BCUT2D eigenvalue weighted by Crippen LogP contribution is 2.57. The molecule has 2 aromatic rings. The number of carbonyl (C=O) groups excluding carboxylic acids is 3. The molecule has 0 fully saturated rings. The monoisotopic (exact) mass is 479 g/mol. The van der Waals surface area contributed by atoms with E-state index >= 15 is 0 Å². The van der Waals surface area contributed by atoms with Gasteiger partial charge in [-0.05, 0) is 45.9 Å². The van der Waals surface area contributed by atoms with Crippen LogP contribution in [0.1, 0.15) is 52.6 Å². The van der Waals surface area contributed by atoms with Crippen LogP contribution in [0.4, 0.5) is 5.69 Å². The third-order valence-electron chi connectivity index (χ3n) is 6.32. The number of ether oxygens (including phenoxy) is 1. The lowest BCUT2D eigenvalue weighted by molar-refractivity contribution is -0.123. The average Bonchev–Trinajstić information content (AvgIpc) is 3.06. The number of hydrogen-bond acceptors (Lipinski definition) is 9. The van der Waals surface area contributed by atoms with Gasteiger partial charge in [0.05, 0.1) is 22.4 Å². The van der Waals surface area contributed by atoms with Crippen LogP contribution >= 0.6 is 0 Å². The van der Waals surface area contributed by atoms with Gasteiger partial charge in [0.15, 0.2) is 17.3 Å². The molecule has 0 bridgehead atoms. The summed E-state index contributed by atoms with van der Waals surface area (Å²) in [6, 6.07) is 3.55. The molecule has 2 aliphatic rings. The first-order valence-electron chi connectivity index (χ1n) is 10.4. The Bertz CT molecular complexity index is 1450. The Morgan fingerprint density at radius 3 is 2.31 bits per heavy atom. The predicted octanol–water partition coefficient (Wildman–Crippen LogP) is 3.08. The zero-order valence-electron chi connectivity index (χ0n) is 19.1. The molecule has 0 spiro atoms. The molecular formula is C25H21NO9. The maximum atomic E-state index is 13.8. The summed E-state index contributed by atoms with van der Waals surface area (Å²) in [4.78, 5) is 50.6. The van der Waals surface area contributed by atoms with E-state index in [9.17, 15) is 39.6 Å². The van der Waals surface area contributed by atoms with Gasteiger partial charge in [0.2, 0.25) is 0 Å². The Balaban J connectivity index is 1.91.